The quantitative estimate of drug-likeness (QED) is 0.519. The molecule has 0 spiro atoms. The molecule has 2 N–H and O–H groups in total. The van der Waals surface area contributed by atoms with Crippen LogP contribution in [0.5, 0.6) is 0 Å². The van der Waals surface area contributed by atoms with Crippen molar-refractivity contribution in [2.24, 2.45) is 0 Å². The number of aliphatic hydroxyl groups excluding tert-OH is 1. The van der Waals surface area contributed by atoms with Crippen LogP contribution >= 0.6 is 0 Å². The van der Waals surface area contributed by atoms with Crippen LogP contribution in [0.1, 0.15) is 13.3 Å². The van der Waals surface area contributed by atoms with E-state index in [-0.39, 0.29) is 6.42 Å². The van der Waals surface area contributed by atoms with Crippen molar-refractivity contribution in [2.75, 3.05) is 13.7 Å². The van der Waals surface area contributed by atoms with Gasteiger partial charge in [0.1, 0.15) is 0 Å². The van der Waals surface area contributed by atoms with E-state index >= 15 is 0 Å². The zero-order chi connectivity index (χ0) is 8.20. The molecule has 0 bridgehead atoms. The van der Waals surface area contributed by atoms with E-state index in [1.54, 1.807) is 6.92 Å². The van der Waals surface area contributed by atoms with Gasteiger partial charge in [0, 0.05) is 0 Å². The first-order chi connectivity index (χ1) is 4.60. The monoisotopic (exact) mass is 148 g/mol. The predicted octanol–water partition coefficient (Wildman–Crippen LogP) is -0.707. The van der Waals surface area contributed by atoms with Gasteiger partial charge in [-0.2, -0.15) is 0 Å². The number of carbonyl (C=O) groups excluding carboxylic acids is 1. The number of hydrogen-bond acceptors (Lipinski definition) is 4. The molecule has 10 heavy (non-hydrogen) atoms. The molecule has 0 saturated heterocycles. The van der Waals surface area contributed by atoms with E-state index in [1.165, 1.54) is 7.11 Å². The minimum atomic E-state index is -1.71. The van der Waals surface area contributed by atoms with Gasteiger partial charge in [0.2, 0.25) is 0 Å². The molecule has 0 aromatic carbocycles. The van der Waals surface area contributed by atoms with Crippen LogP contribution in [-0.4, -0.2) is 35.5 Å². The first-order valence-corrected chi connectivity index (χ1v) is 3.02. The van der Waals surface area contributed by atoms with Crippen LogP contribution in [0.2, 0.25) is 0 Å². The van der Waals surface area contributed by atoms with Crippen molar-refractivity contribution < 1.29 is 19.7 Å². The van der Waals surface area contributed by atoms with Crippen LogP contribution in [0.4, 0.5) is 0 Å². The largest absolute Gasteiger partial charge is 0.467 e. The number of ether oxygens (including phenoxy) is 1. The molecule has 0 aromatic heterocycles. The maximum atomic E-state index is 10.7. The minimum absolute atomic E-state index is 0.149. The maximum Gasteiger partial charge on any atom is 0.340 e. The Labute approximate surface area is 59.4 Å². The molecule has 0 aliphatic carbocycles. The fraction of sp³-hybridized carbons (Fsp3) is 0.833. The van der Waals surface area contributed by atoms with E-state index in [2.05, 4.69) is 4.74 Å². The van der Waals surface area contributed by atoms with Crippen LogP contribution < -0.4 is 0 Å². The highest BCUT2D eigenvalue weighted by Crippen LogP contribution is 2.09. The smallest absolute Gasteiger partial charge is 0.340 e. The Balaban J connectivity index is 4.17. The van der Waals surface area contributed by atoms with E-state index in [0.29, 0.717) is 0 Å². The van der Waals surface area contributed by atoms with Gasteiger partial charge >= 0.3 is 5.97 Å². The molecular weight excluding hydrogens is 136 g/mol. The molecule has 0 amide bonds. The van der Waals surface area contributed by atoms with Gasteiger partial charge in [-0.1, -0.05) is 6.92 Å². The average Bonchev–Trinajstić information content (AvgIpc) is 2.01. The summed E-state index contributed by atoms with van der Waals surface area (Å²) < 4.78 is 4.25. The van der Waals surface area contributed by atoms with Crippen molar-refractivity contribution in [2.45, 2.75) is 18.9 Å². The molecule has 0 aliphatic heterocycles. The van der Waals surface area contributed by atoms with Gasteiger partial charge in [-0.05, 0) is 6.42 Å². The second-order valence-electron chi connectivity index (χ2n) is 2.03. The van der Waals surface area contributed by atoms with Crippen molar-refractivity contribution in [3.05, 3.63) is 0 Å². The Bertz CT molecular complexity index is 117. The fourth-order valence-corrected chi connectivity index (χ4v) is 0.511. The molecule has 0 aliphatic rings. The third-order valence-electron chi connectivity index (χ3n) is 1.41. The summed E-state index contributed by atoms with van der Waals surface area (Å²) in [5.41, 5.74) is -1.71. The summed E-state index contributed by atoms with van der Waals surface area (Å²) in [5.74, 6) is -0.794. The van der Waals surface area contributed by atoms with Gasteiger partial charge in [-0.25, -0.2) is 4.79 Å². The summed E-state index contributed by atoms with van der Waals surface area (Å²) in [6.07, 6.45) is 0.149. The van der Waals surface area contributed by atoms with Crippen LogP contribution in [0.15, 0.2) is 0 Å². The highest BCUT2D eigenvalue weighted by atomic mass is 16.5. The molecule has 0 saturated carbocycles. The molecular formula is C6H12O4. The van der Waals surface area contributed by atoms with E-state index in [4.69, 9.17) is 5.11 Å². The first-order valence-electron chi connectivity index (χ1n) is 3.02. The van der Waals surface area contributed by atoms with Gasteiger partial charge in [0.25, 0.3) is 0 Å². The topological polar surface area (TPSA) is 66.8 Å². The van der Waals surface area contributed by atoms with E-state index in [0.717, 1.165) is 0 Å². The molecule has 0 radical (unpaired) electrons. The lowest BCUT2D eigenvalue weighted by atomic mass is 10.0. The molecule has 0 heterocycles. The van der Waals surface area contributed by atoms with Crippen molar-refractivity contribution in [3.8, 4) is 0 Å². The third-order valence-corrected chi connectivity index (χ3v) is 1.41. The molecule has 0 rings (SSSR count). The molecule has 0 aromatic rings. The summed E-state index contributed by atoms with van der Waals surface area (Å²) in [4.78, 5) is 10.7. The van der Waals surface area contributed by atoms with Crippen molar-refractivity contribution in [1.29, 1.82) is 0 Å². The summed E-state index contributed by atoms with van der Waals surface area (Å²) in [7, 11) is 1.17. The highest BCUT2D eigenvalue weighted by molar-refractivity contribution is 5.79. The highest BCUT2D eigenvalue weighted by Gasteiger charge is 2.34. The van der Waals surface area contributed by atoms with Crippen molar-refractivity contribution in [3.63, 3.8) is 0 Å². The molecule has 4 heteroatoms. The number of methoxy groups -OCH3 is 1. The maximum absolute atomic E-state index is 10.7. The van der Waals surface area contributed by atoms with E-state index < -0.39 is 18.2 Å². The van der Waals surface area contributed by atoms with E-state index in [9.17, 15) is 9.90 Å². The second-order valence-corrected chi connectivity index (χ2v) is 2.03. The first kappa shape index (κ1) is 9.39. The van der Waals surface area contributed by atoms with Crippen molar-refractivity contribution >= 4 is 5.97 Å². The molecule has 1 unspecified atom stereocenters. The van der Waals surface area contributed by atoms with Crippen LogP contribution in [0, 0.1) is 0 Å². The minimum Gasteiger partial charge on any atom is -0.467 e. The number of carbonyl (C=O) groups is 1. The Morgan fingerprint density at radius 1 is 1.70 bits per heavy atom. The SMILES string of the molecule is CCC(O)(CO)C(=O)OC. The molecule has 60 valence electrons. The Hall–Kier alpha value is -0.610. The zero-order valence-electron chi connectivity index (χ0n) is 6.13. The lowest BCUT2D eigenvalue weighted by Gasteiger charge is -2.19. The zero-order valence-corrected chi connectivity index (χ0v) is 6.13. The Morgan fingerprint density at radius 3 is 2.30 bits per heavy atom. The Kier molecular flexibility index (Phi) is 3.32. The third kappa shape index (κ3) is 1.68. The summed E-state index contributed by atoms with van der Waals surface area (Å²) in [6, 6.07) is 0. The van der Waals surface area contributed by atoms with E-state index in [1.807, 2.05) is 0 Å². The van der Waals surface area contributed by atoms with Crippen molar-refractivity contribution in [1.82, 2.24) is 0 Å². The standard InChI is InChI=1S/C6H12O4/c1-3-6(9,4-7)5(8)10-2/h7,9H,3-4H2,1-2H3. The Morgan fingerprint density at radius 2 is 2.20 bits per heavy atom. The summed E-state index contributed by atoms with van der Waals surface area (Å²) in [5, 5.41) is 17.7. The van der Waals surface area contributed by atoms with Gasteiger partial charge in [-0.3, -0.25) is 0 Å². The van der Waals surface area contributed by atoms with Gasteiger partial charge in [0.05, 0.1) is 13.7 Å². The van der Waals surface area contributed by atoms with Gasteiger partial charge < -0.3 is 14.9 Å². The molecule has 1 atom stereocenters. The average molecular weight is 148 g/mol. The molecule has 0 fully saturated rings. The fourth-order valence-electron chi connectivity index (χ4n) is 0.511. The normalized spacial score (nSPS) is 16.0. The molecule has 4 nitrogen and oxygen atoms in total. The lowest BCUT2D eigenvalue weighted by Crippen LogP contribution is -2.42. The summed E-state index contributed by atoms with van der Waals surface area (Å²) >= 11 is 0. The predicted molar refractivity (Wildman–Crippen MR) is 34.3 cm³/mol. The number of rotatable bonds is 3. The van der Waals surface area contributed by atoms with Gasteiger partial charge in [-0.15, -0.1) is 0 Å². The number of aliphatic hydroxyl groups is 2. The van der Waals surface area contributed by atoms with Gasteiger partial charge in [0.15, 0.2) is 5.60 Å². The number of esters is 1. The second kappa shape index (κ2) is 3.53. The van der Waals surface area contributed by atoms with Crippen LogP contribution in [0.25, 0.3) is 0 Å². The summed E-state index contributed by atoms with van der Waals surface area (Å²) in [6.45, 7) is 0.989. The van der Waals surface area contributed by atoms with Crippen LogP contribution in [-0.2, 0) is 9.53 Å². The number of hydrogen-bond donors (Lipinski definition) is 2. The lowest BCUT2D eigenvalue weighted by molar-refractivity contribution is -0.166. The van der Waals surface area contributed by atoms with Crippen LogP contribution in [0.3, 0.4) is 0 Å².